The predicted octanol–water partition coefficient (Wildman–Crippen LogP) is 2.37. The Morgan fingerprint density at radius 1 is 1.11 bits per heavy atom. The number of hydrogen-bond donors (Lipinski definition) is 1. The van der Waals surface area contributed by atoms with Gasteiger partial charge in [-0.25, -0.2) is 0 Å². The molecular formula is C15H13N3O. The number of fused-ring (bicyclic) bond motifs is 1. The fourth-order valence-electron chi connectivity index (χ4n) is 2.17. The molecule has 0 spiro atoms. The first-order chi connectivity index (χ1) is 9.25. The molecule has 1 amide bonds. The molecule has 1 heterocycles. The summed E-state index contributed by atoms with van der Waals surface area (Å²) in [4.78, 5) is 18.1. The molecule has 94 valence electrons. The Morgan fingerprint density at radius 2 is 1.95 bits per heavy atom. The molecule has 0 aromatic heterocycles. The first-order valence-corrected chi connectivity index (χ1v) is 6.03. The van der Waals surface area contributed by atoms with E-state index >= 15 is 0 Å². The Balaban J connectivity index is 2.17. The molecule has 0 aliphatic carbocycles. The van der Waals surface area contributed by atoms with Gasteiger partial charge in [0, 0.05) is 17.5 Å². The molecule has 3 rings (SSSR count). The summed E-state index contributed by atoms with van der Waals surface area (Å²) < 4.78 is 0. The number of nitrogens with zero attached hydrogens (tertiary/aromatic N) is 2. The molecule has 0 unspecified atom stereocenters. The highest BCUT2D eigenvalue weighted by Crippen LogP contribution is 2.30. The molecule has 1 aliphatic heterocycles. The van der Waals surface area contributed by atoms with Crippen LogP contribution in [0.15, 0.2) is 53.5 Å². The molecule has 2 aromatic carbocycles. The molecule has 4 nitrogen and oxygen atoms in total. The summed E-state index contributed by atoms with van der Waals surface area (Å²) in [6.45, 7) is 0.142. The molecule has 2 aromatic rings. The van der Waals surface area contributed by atoms with Crippen LogP contribution in [0.3, 0.4) is 0 Å². The van der Waals surface area contributed by atoms with Crippen LogP contribution < -0.4 is 10.6 Å². The number of nitrogens with two attached hydrogens (primary N) is 1. The highest BCUT2D eigenvalue weighted by molar-refractivity contribution is 6.08. The monoisotopic (exact) mass is 251 g/mol. The lowest BCUT2D eigenvalue weighted by molar-refractivity contribution is -0.116. The minimum Gasteiger partial charge on any atom is -0.399 e. The first-order valence-electron chi connectivity index (χ1n) is 6.03. The summed E-state index contributed by atoms with van der Waals surface area (Å²) in [5.41, 5.74) is 8.96. The van der Waals surface area contributed by atoms with E-state index in [0.717, 1.165) is 16.9 Å². The first kappa shape index (κ1) is 11.5. The van der Waals surface area contributed by atoms with Crippen molar-refractivity contribution in [3.8, 4) is 0 Å². The maximum Gasteiger partial charge on any atom is 0.253 e. The minimum absolute atomic E-state index is 0.0631. The van der Waals surface area contributed by atoms with Crippen LogP contribution in [0.5, 0.6) is 0 Å². The Morgan fingerprint density at radius 3 is 2.79 bits per heavy atom. The second kappa shape index (κ2) is 4.57. The quantitative estimate of drug-likeness (QED) is 0.791. The number of anilines is 3. The molecule has 2 N–H and O–H groups in total. The van der Waals surface area contributed by atoms with Crippen molar-refractivity contribution in [2.24, 2.45) is 4.99 Å². The van der Waals surface area contributed by atoms with Crippen LogP contribution in [-0.4, -0.2) is 18.7 Å². The van der Waals surface area contributed by atoms with Gasteiger partial charge in [0.15, 0.2) is 0 Å². The normalized spacial score (nSPS) is 14.1. The van der Waals surface area contributed by atoms with Gasteiger partial charge >= 0.3 is 0 Å². The molecule has 0 atom stereocenters. The van der Waals surface area contributed by atoms with E-state index in [1.165, 1.54) is 0 Å². The van der Waals surface area contributed by atoms with Gasteiger partial charge in [-0.05, 0) is 24.3 Å². The number of hydrogen-bond acceptors (Lipinski definition) is 3. The average Bonchev–Trinajstić information content (AvgIpc) is 2.57. The summed E-state index contributed by atoms with van der Waals surface area (Å²) in [6.07, 6.45) is 1.74. The third-order valence-electron chi connectivity index (χ3n) is 3.01. The number of aliphatic imine (C=N–C) groups is 1. The van der Waals surface area contributed by atoms with Gasteiger partial charge in [-0.2, -0.15) is 0 Å². The van der Waals surface area contributed by atoms with Crippen molar-refractivity contribution >= 4 is 29.2 Å². The maximum absolute atomic E-state index is 12.3. The van der Waals surface area contributed by atoms with Crippen molar-refractivity contribution in [3.63, 3.8) is 0 Å². The van der Waals surface area contributed by atoms with Gasteiger partial charge in [-0.1, -0.05) is 24.3 Å². The molecule has 0 fully saturated rings. The van der Waals surface area contributed by atoms with Gasteiger partial charge in [0.2, 0.25) is 0 Å². The van der Waals surface area contributed by atoms with Gasteiger partial charge < -0.3 is 5.73 Å². The zero-order valence-corrected chi connectivity index (χ0v) is 10.3. The van der Waals surface area contributed by atoms with Crippen LogP contribution in [0, 0.1) is 0 Å². The molecule has 4 heteroatoms. The number of rotatable bonds is 1. The fraction of sp³-hybridized carbons (Fsp3) is 0.0667. The average molecular weight is 251 g/mol. The molecule has 19 heavy (non-hydrogen) atoms. The smallest absolute Gasteiger partial charge is 0.253 e. The lowest BCUT2D eigenvalue weighted by atomic mass is 10.1. The van der Waals surface area contributed by atoms with Crippen LogP contribution >= 0.6 is 0 Å². The van der Waals surface area contributed by atoms with Crippen LogP contribution in [0.2, 0.25) is 0 Å². The van der Waals surface area contributed by atoms with Gasteiger partial charge in [-0.15, -0.1) is 0 Å². The number of amides is 1. The molecule has 0 radical (unpaired) electrons. The van der Waals surface area contributed by atoms with E-state index in [1.54, 1.807) is 23.2 Å². The lowest BCUT2D eigenvalue weighted by Gasteiger charge is -2.22. The van der Waals surface area contributed by atoms with Gasteiger partial charge in [-0.3, -0.25) is 14.7 Å². The Bertz CT molecular complexity index is 664. The SMILES string of the molecule is Nc1cccc(N2C(=O)CN=Cc3ccccc32)c1. The van der Waals surface area contributed by atoms with Gasteiger partial charge in [0.1, 0.15) is 6.54 Å². The summed E-state index contributed by atoms with van der Waals surface area (Å²) >= 11 is 0. The van der Waals surface area contributed by atoms with Crippen LogP contribution in [0.1, 0.15) is 5.56 Å². The zero-order chi connectivity index (χ0) is 13.2. The number of benzene rings is 2. The van der Waals surface area contributed by atoms with Crippen molar-refractivity contribution in [1.82, 2.24) is 0 Å². The predicted molar refractivity (Wildman–Crippen MR) is 76.9 cm³/mol. The summed E-state index contributed by atoms with van der Waals surface area (Å²) in [5, 5.41) is 0. The Labute approximate surface area is 111 Å². The third kappa shape index (κ3) is 2.08. The lowest BCUT2D eigenvalue weighted by Crippen LogP contribution is -2.27. The summed E-state index contributed by atoms with van der Waals surface area (Å²) in [5.74, 6) is -0.0631. The Hall–Kier alpha value is -2.62. The number of para-hydroxylation sites is 1. The topological polar surface area (TPSA) is 58.7 Å². The fourth-order valence-corrected chi connectivity index (χ4v) is 2.17. The molecular weight excluding hydrogens is 238 g/mol. The summed E-state index contributed by atoms with van der Waals surface area (Å²) in [6, 6.07) is 15.0. The second-order valence-corrected chi connectivity index (χ2v) is 4.35. The highest BCUT2D eigenvalue weighted by Gasteiger charge is 2.21. The number of benzodiazepines with no additional fused rings is 1. The van der Waals surface area contributed by atoms with Crippen molar-refractivity contribution in [3.05, 3.63) is 54.1 Å². The van der Waals surface area contributed by atoms with E-state index in [4.69, 9.17) is 5.73 Å². The van der Waals surface area contributed by atoms with Crippen LogP contribution in [0.4, 0.5) is 17.1 Å². The van der Waals surface area contributed by atoms with E-state index in [-0.39, 0.29) is 12.5 Å². The minimum atomic E-state index is -0.0631. The number of nitrogen functional groups attached to an aromatic ring is 1. The van der Waals surface area contributed by atoms with E-state index in [1.807, 2.05) is 36.4 Å². The largest absolute Gasteiger partial charge is 0.399 e. The van der Waals surface area contributed by atoms with Crippen molar-refractivity contribution in [2.75, 3.05) is 17.2 Å². The maximum atomic E-state index is 12.3. The van der Waals surface area contributed by atoms with E-state index < -0.39 is 0 Å². The molecule has 0 saturated carbocycles. The Kier molecular flexibility index (Phi) is 2.76. The number of carbonyl (C=O) groups is 1. The van der Waals surface area contributed by atoms with Crippen LogP contribution in [0.25, 0.3) is 0 Å². The van der Waals surface area contributed by atoms with E-state index in [9.17, 15) is 4.79 Å². The molecule has 0 bridgehead atoms. The highest BCUT2D eigenvalue weighted by atomic mass is 16.2. The standard InChI is InChI=1S/C15H13N3O/c16-12-5-3-6-13(8-12)18-14-7-2-1-4-11(14)9-17-10-15(18)19/h1-9H,10,16H2. The third-order valence-corrected chi connectivity index (χ3v) is 3.01. The zero-order valence-electron chi connectivity index (χ0n) is 10.3. The van der Waals surface area contributed by atoms with E-state index in [2.05, 4.69) is 4.99 Å². The molecule has 0 saturated heterocycles. The van der Waals surface area contributed by atoms with Gasteiger partial charge in [0.05, 0.1) is 11.4 Å². The second-order valence-electron chi connectivity index (χ2n) is 4.35. The van der Waals surface area contributed by atoms with Crippen molar-refractivity contribution in [2.45, 2.75) is 0 Å². The van der Waals surface area contributed by atoms with Crippen LogP contribution in [-0.2, 0) is 4.79 Å². The molecule has 1 aliphatic rings. The number of carbonyl (C=O) groups excluding carboxylic acids is 1. The van der Waals surface area contributed by atoms with Crippen molar-refractivity contribution in [1.29, 1.82) is 0 Å². The van der Waals surface area contributed by atoms with Gasteiger partial charge in [0.25, 0.3) is 5.91 Å². The van der Waals surface area contributed by atoms with Crippen molar-refractivity contribution < 1.29 is 4.79 Å². The summed E-state index contributed by atoms with van der Waals surface area (Å²) in [7, 11) is 0. The van der Waals surface area contributed by atoms with E-state index in [0.29, 0.717) is 5.69 Å².